The standard InChI is InChI=1S/C19H20N4O3S/c1-27(25,26)15-7-8-17-16(11-15)19(23-13-22-17)20-10-9-18(24)21-12-14-5-3-2-4-6-14/h2-8,11,13H,9-10,12H2,1H3,(H,21,24)(H,20,22,23). The van der Waals surface area contributed by atoms with Crippen LogP contribution in [0.1, 0.15) is 12.0 Å². The van der Waals surface area contributed by atoms with E-state index in [-0.39, 0.29) is 17.2 Å². The first-order chi connectivity index (χ1) is 12.9. The van der Waals surface area contributed by atoms with E-state index in [4.69, 9.17) is 0 Å². The van der Waals surface area contributed by atoms with E-state index in [1.165, 1.54) is 12.4 Å². The summed E-state index contributed by atoms with van der Waals surface area (Å²) in [6, 6.07) is 14.4. The Morgan fingerprint density at radius 3 is 2.59 bits per heavy atom. The number of amides is 1. The SMILES string of the molecule is CS(=O)(=O)c1ccc2ncnc(NCCC(=O)NCc3ccccc3)c2c1. The normalized spacial score (nSPS) is 11.3. The van der Waals surface area contributed by atoms with Crippen molar-refractivity contribution in [3.63, 3.8) is 0 Å². The highest BCUT2D eigenvalue weighted by molar-refractivity contribution is 7.90. The van der Waals surface area contributed by atoms with Crippen molar-refractivity contribution in [3.05, 3.63) is 60.4 Å². The van der Waals surface area contributed by atoms with E-state index in [1.807, 2.05) is 30.3 Å². The van der Waals surface area contributed by atoms with Crippen LogP contribution in [0.4, 0.5) is 5.82 Å². The second kappa shape index (κ2) is 8.13. The summed E-state index contributed by atoms with van der Waals surface area (Å²) in [5, 5.41) is 6.55. The predicted octanol–water partition coefficient (Wildman–Crippen LogP) is 2.15. The summed E-state index contributed by atoms with van der Waals surface area (Å²) in [5.41, 5.74) is 1.67. The maximum absolute atomic E-state index is 12.0. The Balaban J connectivity index is 1.62. The van der Waals surface area contributed by atoms with E-state index in [0.717, 1.165) is 11.8 Å². The minimum Gasteiger partial charge on any atom is -0.369 e. The van der Waals surface area contributed by atoms with Gasteiger partial charge in [-0.05, 0) is 23.8 Å². The molecule has 0 atom stereocenters. The maximum atomic E-state index is 12.0. The molecule has 0 spiro atoms. The molecule has 140 valence electrons. The van der Waals surface area contributed by atoms with Crippen LogP contribution < -0.4 is 10.6 Å². The molecule has 0 aliphatic carbocycles. The fraction of sp³-hybridized carbons (Fsp3) is 0.211. The molecular weight excluding hydrogens is 364 g/mol. The number of hydrogen-bond acceptors (Lipinski definition) is 6. The highest BCUT2D eigenvalue weighted by atomic mass is 32.2. The van der Waals surface area contributed by atoms with Crippen LogP contribution in [0.2, 0.25) is 0 Å². The van der Waals surface area contributed by atoms with Gasteiger partial charge >= 0.3 is 0 Å². The molecule has 1 amide bonds. The monoisotopic (exact) mass is 384 g/mol. The molecule has 0 saturated heterocycles. The molecule has 2 aromatic carbocycles. The number of carbonyl (C=O) groups is 1. The van der Waals surface area contributed by atoms with Crippen molar-refractivity contribution < 1.29 is 13.2 Å². The molecule has 1 aromatic heterocycles. The van der Waals surface area contributed by atoms with Crippen molar-refractivity contribution in [1.82, 2.24) is 15.3 Å². The van der Waals surface area contributed by atoms with Gasteiger partial charge in [0.1, 0.15) is 12.1 Å². The first kappa shape index (κ1) is 18.8. The van der Waals surface area contributed by atoms with Gasteiger partial charge in [-0.1, -0.05) is 30.3 Å². The Morgan fingerprint density at radius 1 is 1.07 bits per heavy atom. The number of benzene rings is 2. The van der Waals surface area contributed by atoms with Gasteiger partial charge in [-0.2, -0.15) is 0 Å². The Labute approximate surface area is 157 Å². The second-order valence-electron chi connectivity index (χ2n) is 6.11. The third-order valence-electron chi connectivity index (χ3n) is 4.01. The molecular formula is C19H20N4O3S. The van der Waals surface area contributed by atoms with E-state index in [0.29, 0.717) is 29.8 Å². The molecule has 0 fully saturated rings. The molecule has 0 bridgehead atoms. The first-order valence-electron chi connectivity index (χ1n) is 8.43. The number of anilines is 1. The molecule has 2 N–H and O–H groups in total. The molecule has 0 aliphatic rings. The summed E-state index contributed by atoms with van der Waals surface area (Å²) in [6.07, 6.45) is 2.83. The number of sulfone groups is 1. The summed E-state index contributed by atoms with van der Waals surface area (Å²) < 4.78 is 23.5. The van der Waals surface area contributed by atoms with E-state index < -0.39 is 9.84 Å². The number of nitrogens with zero attached hydrogens (tertiary/aromatic N) is 2. The van der Waals surface area contributed by atoms with Crippen molar-refractivity contribution >= 4 is 32.5 Å². The molecule has 0 radical (unpaired) electrons. The van der Waals surface area contributed by atoms with Gasteiger partial charge in [0.25, 0.3) is 0 Å². The van der Waals surface area contributed by atoms with Crippen molar-refractivity contribution in [1.29, 1.82) is 0 Å². The van der Waals surface area contributed by atoms with Crippen LogP contribution in [0, 0.1) is 0 Å². The van der Waals surface area contributed by atoms with Crippen molar-refractivity contribution in [3.8, 4) is 0 Å². The van der Waals surface area contributed by atoms with Crippen LogP contribution in [0.25, 0.3) is 10.9 Å². The van der Waals surface area contributed by atoms with Crippen molar-refractivity contribution in [2.45, 2.75) is 17.9 Å². The number of aromatic nitrogens is 2. The van der Waals surface area contributed by atoms with Crippen LogP contribution in [0.15, 0.2) is 59.8 Å². The van der Waals surface area contributed by atoms with Gasteiger partial charge in [0, 0.05) is 31.2 Å². The summed E-state index contributed by atoms with van der Waals surface area (Å²) in [7, 11) is -3.33. The Hall–Kier alpha value is -3.00. The van der Waals surface area contributed by atoms with E-state index in [9.17, 15) is 13.2 Å². The molecule has 1 heterocycles. The largest absolute Gasteiger partial charge is 0.369 e. The fourth-order valence-electron chi connectivity index (χ4n) is 2.59. The Bertz CT molecular complexity index is 1050. The fourth-order valence-corrected chi connectivity index (χ4v) is 3.23. The first-order valence-corrected chi connectivity index (χ1v) is 10.3. The molecule has 3 aromatic rings. The molecule has 8 heteroatoms. The molecule has 27 heavy (non-hydrogen) atoms. The minimum atomic E-state index is -3.33. The number of fused-ring (bicyclic) bond motifs is 1. The Morgan fingerprint density at radius 2 is 1.85 bits per heavy atom. The van der Waals surface area contributed by atoms with Gasteiger partial charge in [0.15, 0.2) is 9.84 Å². The maximum Gasteiger partial charge on any atom is 0.222 e. The van der Waals surface area contributed by atoms with Crippen LogP contribution in [-0.2, 0) is 21.2 Å². The lowest BCUT2D eigenvalue weighted by molar-refractivity contribution is -0.121. The third kappa shape index (κ3) is 5.01. The molecule has 3 rings (SSSR count). The summed E-state index contributed by atoms with van der Waals surface area (Å²) in [5.74, 6) is 0.419. The highest BCUT2D eigenvalue weighted by Gasteiger charge is 2.11. The average molecular weight is 384 g/mol. The predicted molar refractivity (Wildman–Crippen MR) is 104 cm³/mol. The van der Waals surface area contributed by atoms with Crippen LogP contribution in [-0.4, -0.2) is 37.1 Å². The summed E-state index contributed by atoms with van der Waals surface area (Å²) in [4.78, 5) is 20.5. The molecule has 0 saturated carbocycles. The summed E-state index contributed by atoms with van der Waals surface area (Å²) >= 11 is 0. The second-order valence-corrected chi connectivity index (χ2v) is 8.13. The van der Waals surface area contributed by atoms with Crippen LogP contribution in [0.5, 0.6) is 0 Å². The topological polar surface area (TPSA) is 101 Å². The van der Waals surface area contributed by atoms with Crippen LogP contribution in [0.3, 0.4) is 0 Å². The van der Waals surface area contributed by atoms with Gasteiger partial charge in [-0.15, -0.1) is 0 Å². The number of carbonyl (C=O) groups excluding carboxylic acids is 1. The van der Waals surface area contributed by atoms with E-state index in [2.05, 4.69) is 20.6 Å². The zero-order valence-corrected chi connectivity index (χ0v) is 15.7. The lowest BCUT2D eigenvalue weighted by Crippen LogP contribution is -2.25. The van der Waals surface area contributed by atoms with E-state index in [1.54, 1.807) is 12.1 Å². The summed E-state index contributed by atoms with van der Waals surface area (Å²) in [6.45, 7) is 0.851. The van der Waals surface area contributed by atoms with Gasteiger partial charge < -0.3 is 10.6 Å². The smallest absolute Gasteiger partial charge is 0.222 e. The zero-order chi connectivity index (χ0) is 19.3. The molecule has 0 unspecified atom stereocenters. The van der Waals surface area contributed by atoms with Gasteiger partial charge in [0.05, 0.1) is 10.4 Å². The lowest BCUT2D eigenvalue weighted by atomic mass is 10.2. The van der Waals surface area contributed by atoms with Gasteiger partial charge in [0.2, 0.25) is 5.91 Å². The molecule has 7 nitrogen and oxygen atoms in total. The van der Waals surface area contributed by atoms with Crippen molar-refractivity contribution in [2.24, 2.45) is 0 Å². The third-order valence-corrected chi connectivity index (χ3v) is 5.12. The average Bonchev–Trinajstić information content (AvgIpc) is 2.66. The zero-order valence-electron chi connectivity index (χ0n) is 14.8. The number of nitrogens with one attached hydrogen (secondary N) is 2. The number of rotatable bonds is 7. The lowest BCUT2D eigenvalue weighted by Gasteiger charge is -2.10. The molecule has 0 aliphatic heterocycles. The van der Waals surface area contributed by atoms with E-state index >= 15 is 0 Å². The highest BCUT2D eigenvalue weighted by Crippen LogP contribution is 2.22. The van der Waals surface area contributed by atoms with Gasteiger partial charge in [-0.25, -0.2) is 18.4 Å². The Kier molecular flexibility index (Phi) is 5.66. The minimum absolute atomic E-state index is 0.0819. The van der Waals surface area contributed by atoms with Crippen molar-refractivity contribution in [2.75, 3.05) is 18.1 Å². The van der Waals surface area contributed by atoms with Gasteiger partial charge in [-0.3, -0.25) is 4.79 Å². The number of hydrogen-bond donors (Lipinski definition) is 2. The quantitative estimate of drug-likeness (QED) is 0.647. The van der Waals surface area contributed by atoms with Crippen LogP contribution >= 0.6 is 0 Å².